The Morgan fingerprint density at radius 3 is 3.18 bits per heavy atom. The van der Waals surface area contributed by atoms with Crippen molar-refractivity contribution in [2.45, 2.75) is 44.7 Å². The third-order valence-corrected chi connectivity index (χ3v) is 4.09. The summed E-state index contributed by atoms with van der Waals surface area (Å²) in [7, 11) is 0. The molecule has 0 amide bonds. The van der Waals surface area contributed by atoms with Crippen LogP contribution in [0.5, 0.6) is 0 Å². The fraction of sp³-hybridized carbons (Fsp3) is 0.769. The normalized spacial score (nSPS) is 25.8. The number of nitrogens with two attached hydrogens (primary N) is 1. The largest absolute Gasteiger partial charge is 0.381 e. The third-order valence-electron chi connectivity index (χ3n) is 4.09. The molecule has 94 valence electrons. The lowest BCUT2D eigenvalue weighted by Gasteiger charge is -2.20. The van der Waals surface area contributed by atoms with E-state index in [0.717, 1.165) is 32.6 Å². The molecule has 2 heterocycles. The highest BCUT2D eigenvalue weighted by Crippen LogP contribution is 2.22. The molecule has 1 saturated heterocycles. The number of aryl methyl sites for hydroxylation is 1. The molecular weight excluding hydrogens is 214 g/mol. The molecule has 0 aromatic carbocycles. The van der Waals surface area contributed by atoms with Crippen molar-refractivity contribution >= 4 is 0 Å². The summed E-state index contributed by atoms with van der Waals surface area (Å²) >= 11 is 0. The predicted octanol–water partition coefficient (Wildman–Crippen LogP) is 1.13. The van der Waals surface area contributed by atoms with E-state index >= 15 is 0 Å². The van der Waals surface area contributed by atoms with Gasteiger partial charge in [-0.25, -0.2) is 4.98 Å². The van der Waals surface area contributed by atoms with Gasteiger partial charge in [0.2, 0.25) is 0 Å². The van der Waals surface area contributed by atoms with Crippen molar-refractivity contribution in [2.75, 3.05) is 13.2 Å². The number of hydrogen-bond donors (Lipinski definition) is 1. The van der Waals surface area contributed by atoms with Gasteiger partial charge in [-0.3, -0.25) is 0 Å². The van der Waals surface area contributed by atoms with Gasteiger partial charge in [0, 0.05) is 30.8 Å². The van der Waals surface area contributed by atoms with Crippen molar-refractivity contribution in [3.8, 4) is 0 Å². The van der Waals surface area contributed by atoms with Crippen LogP contribution in [-0.2, 0) is 24.1 Å². The van der Waals surface area contributed by atoms with Crippen LogP contribution in [0.3, 0.4) is 0 Å². The van der Waals surface area contributed by atoms with Crippen LogP contribution in [0, 0.1) is 5.92 Å². The Morgan fingerprint density at radius 2 is 2.35 bits per heavy atom. The highest BCUT2D eigenvalue weighted by Gasteiger charge is 2.24. The fourth-order valence-corrected chi connectivity index (χ4v) is 2.95. The van der Waals surface area contributed by atoms with Crippen molar-refractivity contribution in [1.82, 2.24) is 9.55 Å². The van der Waals surface area contributed by atoms with E-state index in [1.165, 1.54) is 30.7 Å². The number of aromatic nitrogens is 2. The molecule has 0 saturated carbocycles. The van der Waals surface area contributed by atoms with Crippen LogP contribution in [0.2, 0.25) is 0 Å². The zero-order valence-electron chi connectivity index (χ0n) is 10.3. The molecule has 0 spiro atoms. The molecule has 1 aliphatic carbocycles. The summed E-state index contributed by atoms with van der Waals surface area (Å²) in [4.78, 5) is 4.51. The van der Waals surface area contributed by atoms with Crippen LogP contribution in [0.15, 0.2) is 6.33 Å². The van der Waals surface area contributed by atoms with Gasteiger partial charge in [0.1, 0.15) is 0 Å². The van der Waals surface area contributed by atoms with E-state index in [1.807, 2.05) is 6.33 Å². The van der Waals surface area contributed by atoms with E-state index in [-0.39, 0.29) is 6.04 Å². The smallest absolute Gasteiger partial charge is 0.0952 e. The molecule has 2 N–H and O–H groups in total. The molecule has 0 radical (unpaired) electrons. The Bertz CT molecular complexity index is 382. The molecule has 2 atom stereocenters. The van der Waals surface area contributed by atoms with Crippen LogP contribution in [0.25, 0.3) is 0 Å². The van der Waals surface area contributed by atoms with E-state index in [4.69, 9.17) is 10.5 Å². The monoisotopic (exact) mass is 235 g/mol. The van der Waals surface area contributed by atoms with Crippen molar-refractivity contribution in [3.05, 3.63) is 17.7 Å². The Morgan fingerprint density at radius 1 is 1.47 bits per heavy atom. The summed E-state index contributed by atoms with van der Waals surface area (Å²) < 4.78 is 7.68. The van der Waals surface area contributed by atoms with Gasteiger partial charge in [0.15, 0.2) is 0 Å². The number of hydrogen-bond acceptors (Lipinski definition) is 3. The Hall–Kier alpha value is -0.870. The van der Waals surface area contributed by atoms with Gasteiger partial charge in [0.05, 0.1) is 18.6 Å². The molecule has 4 nitrogen and oxygen atoms in total. The summed E-state index contributed by atoms with van der Waals surface area (Å²) in [5, 5.41) is 0. The van der Waals surface area contributed by atoms with E-state index in [2.05, 4.69) is 9.55 Å². The second kappa shape index (κ2) is 4.78. The van der Waals surface area contributed by atoms with Gasteiger partial charge in [-0.05, 0) is 32.1 Å². The lowest BCUT2D eigenvalue weighted by Crippen LogP contribution is -2.35. The molecule has 0 bridgehead atoms. The maximum absolute atomic E-state index is 6.27. The maximum Gasteiger partial charge on any atom is 0.0952 e. The first-order valence-corrected chi connectivity index (χ1v) is 6.71. The second-order valence-corrected chi connectivity index (χ2v) is 5.28. The summed E-state index contributed by atoms with van der Waals surface area (Å²) in [6.07, 6.45) is 7.98. The van der Waals surface area contributed by atoms with E-state index in [9.17, 15) is 0 Å². The topological polar surface area (TPSA) is 53.1 Å². The van der Waals surface area contributed by atoms with E-state index in [1.54, 1.807) is 0 Å². The van der Waals surface area contributed by atoms with Gasteiger partial charge in [0.25, 0.3) is 0 Å². The molecule has 1 aromatic rings. The number of rotatable bonds is 3. The number of imidazole rings is 1. The lowest BCUT2D eigenvalue weighted by molar-refractivity contribution is 0.178. The minimum absolute atomic E-state index is 0.206. The number of nitrogens with zero attached hydrogens (tertiary/aromatic N) is 2. The molecule has 17 heavy (non-hydrogen) atoms. The first kappa shape index (κ1) is 11.2. The van der Waals surface area contributed by atoms with Crippen molar-refractivity contribution in [3.63, 3.8) is 0 Å². The first-order chi connectivity index (χ1) is 8.34. The highest BCUT2D eigenvalue weighted by molar-refractivity contribution is 5.16. The molecule has 2 unspecified atom stereocenters. The van der Waals surface area contributed by atoms with Gasteiger partial charge in [-0.2, -0.15) is 0 Å². The Balaban J connectivity index is 1.69. The Labute approximate surface area is 102 Å². The van der Waals surface area contributed by atoms with Crippen LogP contribution in [-0.4, -0.2) is 28.8 Å². The summed E-state index contributed by atoms with van der Waals surface area (Å²) in [6.45, 7) is 2.61. The average Bonchev–Trinajstić information content (AvgIpc) is 2.98. The molecule has 4 heteroatoms. The van der Waals surface area contributed by atoms with Crippen molar-refractivity contribution < 1.29 is 4.74 Å². The predicted molar refractivity (Wildman–Crippen MR) is 65.8 cm³/mol. The van der Waals surface area contributed by atoms with Crippen LogP contribution < -0.4 is 5.73 Å². The van der Waals surface area contributed by atoms with Crippen molar-refractivity contribution in [2.24, 2.45) is 11.7 Å². The Kier molecular flexibility index (Phi) is 3.16. The average molecular weight is 235 g/mol. The molecule has 2 aliphatic rings. The third kappa shape index (κ3) is 2.24. The number of fused-ring (bicyclic) bond motifs is 1. The highest BCUT2D eigenvalue weighted by atomic mass is 16.5. The minimum atomic E-state index is 0.206. The van der Waals surface area contributed by atoms with Crippen LogP contribution in [0.1, 0.15) is 30.7 Å². The van der Waals surface area contributed by atoms with Crippen molar-refractivity contribution in [1.29, 1.82) is 0 Å². The molecule has 1 fully saturated rings. The van der Waals surface area contributed by atoms with Gasteiger partial charge in [-0.1, -0.05) is 0 Å². The molecule has 3 rings (SSSR count). The van der Waals surface area contributed by atoms with Crippen LogP contribution >= 0.6 is 0 Å². The van der Waals surface area contributed by atoms with Gasteiger partial charge >= 0.3 is 0 Å². The lowest BCUT2D eigenvalue weighted by atomic mass is 9.98. The standard InChI is InChI=1S/C13H21N3O/c14-11(10-5-6-17-8-10)7-16-9-15-12-3-1-2-4-13(12)16/h9-11H,1-8,14H2. The molecule has 1 aromatic heterocycles. The fourth-order valence-electron chi connectivity index (χ4n) is 2.95. The summed E-state index contributed by atoms with van der Waals surface area (Å²) in [6, 6.07) is 0.206. The number of ether oxygens (including phenoxy) is 1. The zero-order valence-corrected chi connectivity index (χ0v) is 10.3. The van der Waals surface area contributed by atoms with Gasteiger partial charge < -0.3 is 15.0 Å². The molecular formula is C13H21N3O. The summed E-state index contributed by atoms with van der Waals surface area (Å²) in [5.41, 5.74) is 8.99. The summed E-state index contributed by atoms with van der Waals surface area (Å²) in [5.74, 6) is 0.525. The first-order valence-electron chi connectivity index (χ1n) is 6.71. The minimum Gasteiger partial charge on any atom is -0.381 e. The van der Waals surface area contributed by atoms with Gasteiger partial charge in [-0.15, -0.1) is 0 Å². The maximum atomic E-state index is 6.27. The van der Waals surface area contributed by atoms with E-state index < -0.39 is 0 Å². The second-order valence-electron chi connectivity index (χ2n) is 5.28. The molecule has 1 aliphatic heterocycles. The quantitative estimate of drug-likeness (QED) is 0.854. The van der Waals surface area contributed by atoms with Crippen LogP contribution in [0.4, 0.5) is 0 Å². The van der Waals surface area contributed by atoms with E-state index in [0.29, 0.717) is 5.92 Å². The SMILES string of the molecule is NC(Cn1cnc2c1CCCC2)C1CCOC1. The zero-order chi connectivity index (χ0) is 11.7.